The maximum atomic E-state index is 12.5. The van der Waals surface area contributed by atoms with Crippen molar-refractivity contribution in [2.75, 3.05) is 11.4 Å². The number of halogens is 1. The van der Waals surface area contributed by atoms with Gasteiger partial charge in [0, 0.05) is 29.6 Å². The van der Waals surface area contributed by atoms with E-state index >= 15 is 0 Å². The summed E-state index contributed by atoms with van der Waals surface area (Å²) in [6.45, 7) is 2.32. The number of aromatic nitrogens is 2. The number of carbonyl (C=O) groups is 2. The Morgan fingerprint density at radius 2 is 2.13 bits per heavy atom. The molecular formula is C16H17ClN4O2. The Hall–Kier alpha value is -2.34. The molecule has 0 spiro atoms. The first-order valence-electron chi connectivity index (χ1n) is 7.42. The van der Waals surface area contributed by atoms with Crippen LogP contribution in [0.3, 0.4) is 0 Å². The van der Waals surface area contributed by atoms with E-state index in [2.05, 4.69) is 10.4 Å². The summed E-state index contributed by atoms with van der Waals surface area (Å²) in [5.41, 5.74) is 0.788. The molecule has 120 valence electrons. The van der Waals surface area contributed by atoms with Crippen LogP contribution in [0.1, 0.15) is 19.4 Å². The van der Waals surface area contributed by atoms with Gasteiger partial charge in [-0.05, 0) is 43.7 Å². The number of amides is 2. The second kappa shape index (κ2) is 6.42. The van der Waals surface area contributed by atoms with E-state index in [0.717, 1.165) is 5.69 Å². The van der Waals surface area contributed by atoms with Crippen LogP contribution in [0.4, 0.5) is 5.69 Å². The van der Waals surface area contributed by atoms with Gasteiger partial charge in [-0.2, -0.15) is 5.10 Å². The molecule has 1 aromatic heterocycles. The maximum absolute atomic E-state index is 12.5. The van der Waals surface area contributed by atoms with E-state index < -0.39 is 12.1 Å². The Balaban J connectivity index is 1.65. The predicted molar refractivity (Wildman–Crippen MR) is 87.3 cm³/mol. The zero-order chi connectivity index (χ0) is 16.4. The summed E-state index contributed by atoms with van der Waals surface area (Å²) >= 11 is 5.87. The summed E-state index contributed by atoms with van der Waals surface area (Å²) in [5.74, 6) is -0.321. The van der Waals surface area contributed by atoms with E-state index in [-0.39, 0.29) is 11.8 Å². The maximum Gasteiger partial charge on any atom is 0.249 e. The van der Waals surface area contributed by atoms with Gasteiger partial charge < -0.3 is 10.2 Å². The second-order valence-electron chi connectivity index (χ2n) is 5.48. The molecule has 3 rings (SSSR count). The van der Waals surface area contributed by atoms with Crippen molar-refractivity contribution in [3.8, 4) is 0 Å². The zero-order valence-corrected chi connectivity index (χ0v) is 13.4. The highest BCUT2D eigenvalue weighted by Crippen LogP contribution is 2.23. The quantitative estimate of drug-likeness (QED) is 0.931. The molecule has 1 aromatic carbocycles. The number of benzene rings is 1. The fourth-order valence-corrected chi connectivity index (χ4v) is 2.74. The van der Waals surface area contributed by atoms with E-state index in [0.29, 0.717) is 18.0 Å². The molecule has 0 unspecified atom stereocenters. The van der Waals surface area contributed by atoms with Gasteiger partial charge in [-0.15, -0.1) is 0 Å². The van der Waals surface area contributed by atoms with Crippen molar-refractivity contribution in [2.45, 2.75) is 25.4 Å². The van der Waals surface area contributed by atoms with Gasteiger partial charge in [0.15, 0.2) is 0 Å². The molecule has 1 fully saturated rings. The Morgan fingerprint density at radius 3 is 2.78 bits per heavy atom. The number of rotatable bonds is 4. The van der Waals surface area contributed by atoms with E-state index in [9.17, 15) is 9.59 Å². The van der Waals surface area contributed by atoms with Gasteiger partial charge in [0.2, 0.25) is 11.8 Å². The number of hydrogen-bond acceptors (Lipinski definition) is 3. The van der Waals surface area contributed by atoms with E-state index in [1.807, 2.05) is 0 Å². The molecule has 23 heavy (non-hydrogen) atoms. The van der Waals surface area contributed by atoms with Crippen LogP contribution in [0, 0.1) is 0 Å². The lowest BCUT2D eigenvalue weighted by Crippen LogP contribution is -2.44. The van der Waals surface area contributed by atoms with E-state index in [1.165, 1.54) is 0 Å². The standard InChI is InChI=1S/C16H17ClN4O2/c1-11(21-9-2-8-18-21)15(22)19-14-7-10-20(16(14)23)13-5-3-12(17)4-6-13/h2-6,8-9,11,14H,7,10H2,1H3,(H,19,22)/t11-,14+/m1/s1. The van der Waals surface area contributed by atoms with E-state index in [4.69, 9.17) is 11.6 Å². The van der Waals surface area contributed by atoms with Crippen molar-refractivity contribution < 1.29 is 9.59 Å². The minimum Gasteiger partial charge on any atom is -0.342 e. The first-order chi connectivity index (χ1) is 11.1. The van der Waals surface area contributed by atoms with Crippen molar-refractivity contribution in [1.82, 2.24) is 15.1 Å². The second-order valence-corrected chi connectivity index (χ2v) is 5.91. The van der Waals surface area contributed by atoms with Gasteiger partial charge in [-0.25, -0.2) is 0 Å². The highest BCUT2D eigenvalue weighted by molar-refractivity contribution is 6.30. The minimum atomic E-state index is -0.504. The van der Waals surface area contributed by atoms with Crippen molar-refractivity contribution in [1.29, 1.82) is 0 Å². The van der Waals surface area contributed by atoms with Crippen LogP contribution in [-0.4, -0.2) is 34.2 Å². The molecule has 2 aromatic rings. The van der Waals surface area contributed by atoms with Crippen LogP contribution in [-0.2, 0) is 9.59 Å². The SMILES string of the molecule is C[C@H](C(=O)N[C@H]1CCN(c2ccc(Cl)cc2)C1=O)n1cccn1. The third-order valence-electron chi connectivity index (χ3n) is 3.96. The third-order valence-corrected chi connectivity index (χ3v) is 4.21. The summed E-state index contributed by atoms with van der Waals surface area (Å²) in [5, 5.41) is 7.48. The van der Waals surface area contributed by atoms with Gasteiger partial charge in [-0.1, -0.05) is 11.6 Å². The third kappa shape index (κ3) is 3.22. The van der Waals surface area contributed by atoms with Crippen molar-refractivity contribution in [3.05, 3.63) is 47.7 Å². The predicted octanol–water partition coefficient (Wildman–Crippen LogP) is 2.02. The molecule has 0 radical (unpaired) electrons. The molecule has 1 N–H and O–H groups in total. The first-order valence-corrected chi connectivity index (χ1v) is 7.80. The first kappa shape index (κ1) is 15.6. The van der Waals surface area contributed by atoms with Crippen molar-refractivity contribution in [3.63, 3.8) is 0 Å². The molecule has 1 aliphatic rings. The lowest BCUT2D eigenvalue weighted by molar-refractivity contribution is -0.128. The summed E-state index contributed by atoms with van der Waals surface area (Å²) in [6, 6.07) is 7.89. The molecule has 2 amide bonds. The molecule has 2 heterocycles. The Bertz CT molecular complexity index is 699. The Labute approximate surface area is 139 Å². The molecule has 1 aliphatic heterocycles. The van der Waals surface area contributed by atoms with Gasteiger partial charge in [0.1, 0.15) is 12.1 Å². The molecule has 1 saturated heterocycles. The van der Waals surface area contributed by atoms with Gasteiger partial charge >= 0.3 is 0 Å². The summed E-state index contributed by atoms with van der Waals surface area (Å²) in [4.78, 5) is 26.4. The fourth-order valence-electron chi connectivity index (χ4n) is 2.61. The molecule has 7 heteroatoms. The molecule has 0 saturated carbocycles. The Kier molecular flexibility index (Phi) is 4.34. The normalized spacial score (nSPS) is 19.0. The molecule has 6 nitrogen and oxygen atoms in total. The lowest BCUT2D eigenvalue weighted by Gasteiger charge is -2.19. The average molecular weight is 333 g/mol. The summed E-state index contributed by atoms with van der Waals surface area (Å²) < 4.78 is 1.56. The number of anilines is 1. The molecule has 2 atom stereocenters. The van der Waals surface area contributed by atoms with Gasteiger partial charge in [0.25, 0.3) is 0 Å². The summed E-state index contributed by atoms with van der Waals surface area (Å²) in [7, 11) is 0. The molecular weight excluding hydrogens is 316 g/mol. The number of nitrogens with zero attached hydrogens (tertiary/aromatic N) is 3. The summed E-state index contributed by atoms with van der Waals surface area (Å²) in [6.07, 6.45) is 3.92. The lowest BCUT2D eigenvalue weighted by atomic mass is 10.2. The van der Waals surface area contributed by atoms with Crippen LogP contribution in [0.15, 0.2) is 42.7 Å². The minimum absolute atomic E-state index is 0.103. The molecule has 0 bridgehead atoms. The molecule has 0 aliphatic carbocycles. The number of nitrogens with one attached hydrogen (secondary N) is 1. The van der Waals surface area contributed by atoms with Crippen molar-refractivity contribution in [2.24, 2.45) is 0 Å². The number of carbonyl (C=O) groups excluding carboxylic acids is 2. The van der Waals surface area contributed by atoms with Crippen molar-refractivity contribution >= 4 is 29.1 Å². The highest BCUT2D eigenvalue weighted by atomic mass is 35.5. The average Bonchev–Trinajstić information content (AvgIpc) is 3.19. The van der Waals surface area contributed by atoms with Gasteiger partial charge in [0.05, 0.1) is 0 Å². The van der Waals surface area contributed by atoms with Crippen LogP contribution in [0.5, 0.6) is 0 Å². The zero-order valence-electron chi connectivity index (χ0n) is 12.6. The van der Waals surface area contributed by atoms with Crippen LogP contribution in [0.25, 0.3) is 0 Å². The monoisotopic (exact) mass is 332 g/mol. The fraction of sp³-hybridized carbons (Fsp3) is 0.312. The van der Waals surface area contributed by atoms with Gasteiger partial charge in [-0.3, -0.25) is 14.3 Å². The van der Waals surface area contributed by atoms with E-state index in [1.54, 1.807) is 59.2 Å². The number of hydrogen-bond donors (Lipinski definition) is 1. The van der Waals surface area contributed by atoms with Crippen LogP contribution >= 0.6 is 11.6 Å². The smallest absolute Gasteiger partial charge is 0.249 e. The Morgan fingerprint density at radius 1 is 1.39 bits per heavy atom. The van der Waals surface area contributed by atoms with Crippen LogP contribution in [0.2, 0.25) is 5.02 Å². The highest BCUT2D eigenvalue weighted by Gasteiger charge is 2.34. The topological polar surface area (TPSA) is 67.2 Å². The van der Waals surface area contributed by atoms with Crippen LogP contribution < -0.4 is 10.2 Å². The largest absolute Gasteiger partial charge is 0.342 e.